The molecule has 0 aliphatic rings. The first-order valence-electron chi connectivity index (χ1n) is 8.39. The molecule has 7 heteroatoms. The van der Waals surface area contributed by atoms with Crippen LogP contribution < -0.4 is 15.4 Å². The molecule has 0 aliphatic carbocycles. The van der Waals surface area contributed by atoms with E-state index in [-0.39, 0.29) is 24.0 Å². The Kier molecular flexibility index (Phi) is 6.14. The predicted molar refractivity (Wildman–Crippen MR) is 108 cm³/mol. The van der Waals surface area contributed by atoms with Crippen molar-refractivity contribution in [3.05, 3.63) is 83.4 Å². The minimum atomic E-state index is -0.416. The number of aromatic hydroxyl groups is 1. The van der Waals surface area contributed by atoms with Crippen LogP contribution in [-0.2, 0) is 4.79 Å². The highest BCUT2D eigenvalue weighted by molar-refractivity contribution is 6.32. The summed E-state index contributed by atoms with van der Waals surface area (Å²) >= 11 is 5.97. The highest BCUT2D eigenvalue weighted by Crippen LogP contribution is 2.27. The zero-order valence-electron chi connectivity index (χ0n) is 14.7. The van der Waals surface area contributed by atoms with E-state index < -0.39 is 5.91 Å². The van der Waals surface area contributed by atoms with E-state index in [1.54, 1.807) is 60.7 Å². The van der Waals surface area contributed by atoms with Gasteiger partial charge in [0.2, 0.25) is 0 Å². The van der Waals surface area contributed by atoms with Crippen LogP contribution in [0.3, 0.4) is 0 Å². The molecule has 28 heavy (non-hydrogen) atoms. The number of benzene rings is 3. The Morgan fingerprint density at radius 1 is 0.929 bits per heavy atom. The van der Waals surface area contributed by atoms with Crippen LogP contribution in [0.2, 0.25) is 5.02 Å². The zero-order chi connectivity index (χ0) is 19.9. The summed E-state index contributed by atoms with van der Waals surface area (Å²) in [4.78, 5) is 24.2. The molecule has 0 radical (unpaired) electrons. The number of phenols is 1. The van der Waals surface area contributed by atoms with Gasteiger partial charge < -0.3 is 20.5 Å². The van der Waals surface area contributed by atoms with Crippen molar-refractivity contribution >= 4 is 34.8 Å². The molecule has 3 aromatic rings. The number of para-hydroxylation sites is 1. The number of carbonyl (C=O) groups excluding carboxylic acids is 2. The third-order valence-corrected chi connectivity index (χ3v) is 4.07. The van der Waals surface area contributed by atoms with Gasteiger partial charge in [-0.05, 0) is 36.4 Å². The van der Waals surface area contributed by atoms with E-state index in [9.17, 15) is 14.7 Å². The van der Waals surface area contributed by atoms with Crippen LogP contribution >= 0.6 is 11.6 Å². The van der Waals surface area contributed by atoms with Crippen molar-refractivity contribution in [1.29, 1.82) is 0 Å². The van der Waals surface area contributed by atoms with Crippen LogP contribution in [-0.4, -0.2) is 23.5 Å². The summed E-state index contributed by atoms with van der Waals surface area (Å²) in [7, 11) is 0. The second kappa shape index (κ2) is 8.92. The molecule has 0 saturated heterocycles. The predicted octanol–water partition coefficient (Wildman–Crippen LogP) is 4.32. The lowest BCUT2D eigenvalue weighted by Crippen LogP contribution is -2.20. The smallest absolute Gasteiger partial charge is 0.262 e. The molecule has 0 saturated carbocycles. The fourth-order valence-electron chi connectivity index (χ4n) is 2.40. The molecular weight excluding hydrogens is 380 g/mol. The van der Waals surface area contributed by atoms with Gasteiger partial charge in [0.1, 0.15) is 11.5 Å². The van der Waals surface area contributed by atoms with Crippen molar-refractivity contribution in [3.8, 4) is 11.5 Å². The molecule has 6 nitrogen and oxygen atoms in total. The minimum absolute atomic E-state index is 0.172. The molecule has 2 amide bonds. The molecule has 3 rings (SSSR count). The molecule has 3 aromatic carbocycles. The Hall–Kier alpha value is -3.51. The number of nitrogens with one attached hydrogen (secondary N) is 2. The molecule has 0 unspecified atom stereocenters. The molecule has 0 spiro atoms. The van der Waals surface area contributed by atoms with Crippen LogP contribution in [0.25, 0.3) is 0 Å². The molecule has 142 valence electrons. The highest BCUT2D eigenvalue weighted by Gasteiger charge is 2.11. The number of carbonyl (C=O) groups is 2. The third-order valence-electron chi connectivity index (χ3n) is 3.76. The lowest BCUT2D eigenvalue weighted by molar-refractivity contribution is -0.118. The van der Waals surface area contributed by atoms with Gasteiger partial charge in [-0.2, -0.15) is 0 Å². The lowest BCUT2D eigenvalue weighted by Gasteiger charge is -2.11. The number of amides is 2. The van der Waals surface area contributed by atoms with Gasteiger partial charge in [-0.3, -0.25) is 9.59 Å². The molecule has 3 N–H and O–H groups in total. The molecule has 0 aromatic heterocycles. The van der Waals surface area contributed by atoms with E-state index in [1.807, 2.05) is 0 Å². The van der Waals surface area contributed by atoms with E-state index in [0.29, 0.717) is 22.0 Å². The van der Waals surface area contributed by atoms with Crippen LogP contribution in [0.5, 0.6) is 11.5 Å². The van der Waals surface area contributed by atoms with E-state index >= 15 is 0 Å². The number of ether oxygens (including phenoxy) is 1. The third kappa shape index (κ3) is 5.02. The van der Waals surface area contributed by atoms with E-state index in [1.165, 1.54) is 12.1 Å². The highest BCUT2D eigenvalue weighted by atomic mass is 35.5. The first-order chi connectivity index (χ1) is 13.5. The summed E-state index contributed by atoms with van der Waals surface area (Å²) in [6, 6.07) is 19.9. The standard InChI is InChI=1S/C21H17ClN2O4/c22-16-8-4-5-9-19(16)28-13-20(26)23-15-10-11-17(18(25)12-15)24-21(27)14-6-2-1-3-7-14/h1-12,25H,13H2,(H,23,26)(H,24,27). The molecule has 0 atom stereocenters. The Labute approximate surface area is 166 Å². The van der Waals surface area contributed by atoms with Gasteiger partial charge in [-0.15, -0.1) is 0 Å². The number of anilines is 2. The second-order valence-electron chi connectivity index (χ2n) is 5.82. The zero-order valence-corrected chi connectivity index (χ0v) is 15.4. The number of halogens is 1. The Morgan fingerprint density at radius 3 is 2.36 bits per heavy atom. The maximum absolute atomic E-state index is 12.2. The first-order valence-corrected chi connectivity index (χ1v) is 8.77. The number of hydrogen-bond donors (Lipinski definition) is 3. The molecule has 0 fully saturated rings. The summed E-state index contributed by atoms with van der Waals surface area (Å²) < 4.78 is 5.36. The molecular formula is C21H17ClN2O4. The van der Waals surface area contributed by atoms with Crippen LogP contribution in [0.1, 0.15) is 10.4 Å². The van der Waals surface area contributed by atoms with Crippen molar-refractivity contribution in [3.63, 3.8) is 0 Å². The summed E-state index contributed by atoms with van der Waals surface area (Å²) in [5.41, 5.74) is 1.07. The van der Waals surface area contributed by atoms with Gasteiger partial charge in [-0.25, -0.2) is 0 Å². The first kappa shape index (κ1) is 19.3. The normalized spacial score (nSPS) is 10.2. The van der Waals surface area contributed by atoms with Gasteiger partial charge in [0.05, 0.1) is 10.7 Å². The van der Waals surface area contributed by atoms with Gasteiger partial charge in [-0.1, -0.05) is 41.9 Å². The number of phenolic OH excluding ortho intramolecular Hbond substituents is 1. The van der Waals surface area contributed by atoms with Crippen molar-refractivity contribution in [2.24, 2.45) is 0 Å². The monoisotopic (exact) mass is 396 g/mol. The van der Waals surface area contributed by atoms with Crippen molar-refractivity contribution in [2.75, 3.05) is 17.2 Å². The van der Waals surface area contributed by atoms with Crippen molar-refractivity contribution < 1.29 is 19.4 Å². The van der Waals surface area contributed by atoms with Gasteiger partial charge in [0.15, 0.2) is 6.61 Å². The van der Waals surface area contributed by atoms with Crippen molar-refractivity contribution in [1.82, 2.24) is 0 Å². The Morgan fingerprint density at radius 2 is 1.64 bits per heavy atom. The van der Waals surface area contributed by atoms with Gasteiger partial charge in [0, 0.05) is 17.3 Å². The average Bonchev–Trinajstić information content (AvgIpc) is 2.70. The van der Waals surface area contributed by atoms with Gasteiger partial charge in [0.25, 0.3) is 11.8 Å². The fourth-order valence-corrected chi connectivity index (χ4v) is 2.59. The second-order valence-corrected chi connectivity index (χ2v) is 6.23. The minimum Gasteiger partial charge on any atom is -0.506 e. The molecule has 0 heterocycles. The fraction of sp³-hybridized carbons (Fsp3) is 0.0476. The number of rotatable bonds is 6. The SMILES string of the molecule is O=C(COc1ccccc1Cl)Nc1ccc(NC(=O)c2ccccc2)c(O)c1. The quantitative estimate of drug-likeness (QED) is 0.541. The van der Waals surface area contributed by atoms with E-state index in [4.69, 9.17) is 16.3 Å². The molecule has 0 aliphatic heterocycles. The summed E-state index contributed by atoms with van der Waals surface area (Å²) in [5.74, 6) is -0.531. The summed E-state index contributed by atoms with van der Waals surface area (Å²) in [6.07, 6.45) is 0. The van der Waals surface area contributed by atoms with Crippen LogP contribution in [0.4, 0.5) is 11.4 Å². The van der Waals surface area contributed by atoms with Crippen molar-refractivity contribution in [2.45, 2.75) is 0 Å². The lowest BCUT2D eigenvalue weighted by atomic mass is 10.2. The summed E-state index contributed by atoms with van der Waals surface area (Å²) in [5, 5.41) is 15.8. The molecule has 0 bridgehead atoms. The topological polar surface area (TPSA) is 87.7 Å². The van der Waals surface area contributed by atoms with Crippen LogP contribution in [0, 0.1) is 0 Å². The number of hydrogen-bond acceptors (Lipinski definition) is 4. The van der Waals surface area contributed by atoms with Gasteiger partial charge >= 0.3 is 0 Å². The van der Waals surface area contributed by atoms with E-state index in [0.717, 1.165) is 0 Å². The van der Waals surface area contributed by atoms with E-state index in [2.05, 4.69) is 10.6 Å². The maximum atomic E-state index is 12.2. The summed E-state index contributed by atoms with van der Waals surface area (Å²) in [6.45, 7) is -0.239. The maximum Gasteiger partial charge on any atom is 0.262 e. The van der Waals surface area contributed by atoms with Crippen LogP contribution in [0.15, 0.2) is 72.8 Å². The Balaban J connectivity index is 1.58. The largest absolute Gasteiger partial charge is 0.506 e. The average molecular weight is 397 g/mol. The Bertz CT molecular complexity index is 993.